The van der Waals surface area contributed by atoms with E-state index in [0.717, 1.165) is 29.6 Å². The van der Waals surface area contributed by atoms with E-state index in [1.807, 2.05) is 18.2 Å². The Hall–Kier alpha value is -1.92. The van der Waals surface area contributed by atoms with E-state index >= 15 is 0 Å². The molecule has 2 rings (SSSR count). The van der Waals surface area contributed by atoms with Gasteiger partial charge in [0.15, 0.2) is 12.0 Å². The lowest BCUT2D eigenvalue weighted by molar-refractivity contribution is -0.138. The number of rotatable bonds is 7. The first kappa shape index (κ1) is 13.5. The number of aliphatic carboxylic acids is 1. The van der Waals surface area contributed by atoms with Gasteiger partial charge < -0.3 is 20.6 Å². The minimum atomic E-state index is -0.961. The number of carboxylic acid groups (broad SMARTS) is 1. The summed E-state index contributed by atoms with van der Waals surface area (Å²) in [5.74, 6) is -0.961. The van der Waals surface area contributed by atoms with Crippen LogP contribution in [0.5, 0.6) is 0 Å². The minimum Gasteiger partial charge on any atom is -0.480 e. The Morgan fingerprint density at radius 3 is 3.11 bits per heavy atom. The van der Waals surface area contributed by atoms with Crippen LogP contribution in [0.15, 0.2) is 29.0 Å². The van der Waals surface area contributed by atoms with Crippen molar-refractivity contribution in [1.82, 2.24) is 10.3 Å². The number of nitrogens with one attached hydrogen (secondary N) is 1. The van der Waals surface area contributed by atoms with Crippen molar-refractivity contribution in [3.8, 4) is 0 Å². The molecule has 102 valence electrons. The van der Waals surface area contributed by atoms with E-state index in [-0.39, 0.29) is 0 Å². The molecule has 0 radical (unpaired) electrons. The number of carbonyl (C=O) groups is 1. The van der Waals surface area contributed by atoms with Gasteiger partial charge in [-0.1, -0.05) is 6.07 Å². The summed E-state index contributed by atoms with van der Waals surface area (Å²) in [5, 5.41) is 11.8. The maximum Gasteiger partial charge on any atom is 0.320 e. The number of hydrogen-bond donors (Lipinski definition) is 3. The molecule has 19 heavy (non-hydrogen) atoms. The molecule has 1 aromatic heterocycles. The molecule has 0 aliphatic rings. The maximum absolute atomic E-state index is 10.5. The summed E-state index contributed by atoms with van der Waals surface area (Å²) in [5.41, 5.74) is 8.19. The molecular weight excluding hydrogens is 246 g/mol. The Morgan fingerprint density at radius 2 is 2.32 bits per heavy atom. The second-order valence-electron chi connectivity index (χ2n) is 4.39. The van der Waals surface area contributed by atoms with Gasteiger partial charge in [-0.3, -0.25) is 4.79 Å². The van der Waals surface area contributed by atoms with Crippen molar-refractivity contribution >= 4 is 17.1 Å². The van der Waals surface area contributed by atoms with Crippen LogP contribution in [0, 0.1) is 0 Å². The predicted octanol–water partition coefficient (Wildman–Crippen LogP) is 0.762. The normalized spacial score (nSPS) is 12.7. The fraction of sp³-hybridized carbons (Fsp3) is 0.385. The average molecular weight is 263 g/mol. The number of carboxylic acids is 1. The average Bonchev–Trinajstić information content (AvgIpc) is 2.85. The third-order valence-electron chi connectivity index (χ3n) is 2.94. The predicted molar refractivity (Wildman–Crippen MR) is 70.8 cm³/mol. The molecule has 1 unspecified atom stereocenters. The maximum atomic E-state index is 10.5. The van der Waals surface area contributed by atoms with Crippen LogP contribution in [0.2, 0.25) is 0 Å². The highest BCUT2D eigenvalue weighted by atomic mass is 16.4. The molecule has 6 heteroatoms. The lowest BCUT2D eigenvalue weighted by atomic mass is 10.1. The van der Waals surface area contributed by atoms with Crippen molar-refractivity contribution in [2.45, 2.75) is 18.9 Å². The smallest absolute Gasteiger partial charge is 0.320 e. The van der Waals surface area contributed by atoms with E-state index in [1.54, 1.807) is 0 Å². The Balaban J connectivity index is 1.72. The number of nitrogens with two attached hydrogens (primary N) is 1. The molecule has 4 N–H and O–H groups in total. The third kappa shape index (κ3) is 3.77. The zero-order chi connectivity index (χ0) is 13.7. The fourth-order valence-electron chi connectivity index (χ4n) is 1.79. The first-order valence-electron chi connectivity index (χ1n) is 6.18. The van der Waals surface area contributed by atoms with Gasteiger partial charge in [0.2, 0.25) is 0 Å². The summed E-state index contributed by atoms with van der Waals surface area (Å²) in [7, 11) is 0. The third-order valence-corrected chi connectivity index (χ3v) is 2.94. The van der Waals surface area contributed by atoms with Crippen LogP contribution in [0.25, 0.3) is 11.1 Å². The molecule has 0 amide bonds. The fourth-order valence-corrected chi connectivity index (χ4v) is 1.79. The molecule has 0 bridgehead atoms. The topological polar surface area (TPSA) is 101 Å². The Labute approximate surface area is 110 Å². The molecule has 1 atom stereocenters. The van der Waals surface area contributed by atoms with Crippen LogP contribution in [-0.2, 0) is 11.2 Å². The van der Waals surface area contributed by atoms with Crippen LogP contribution < -0.4 is 11.1 Å². The van der Waals surface area contributed by atoms with Crippen molar-refractivity contribution in [2.24, 2.45) is 5.73 Å². The van der Waals surface area contributed by atoms with Gasteiger partial charge in [0.25, 0.3) is 0 Å². The molecule has 0 saturated carbocycles. The van der Waals surface area contributed by atoms with Gasteiger partial charge in [-0.05, 0) is 43.6 Å². The highest BCUT2D eigenvalue weighted by Gasteiger charge is 2.09. The van der Waals surface area contributed by atoms with Crippen LogP contribution >= 0.6 is 0 Å². The summed E-state index contributed by atoms with van der Waals surface area (Å²) in [6.45, 7) is 1.37. The lowest BCUT2D eigenvalue weighted by Gasteiger charge is -2.07. The highest BCUT2D eigenvalue weighted by Crippen LogP contribution is 2.14. The van der Waals surface area contributed by atoms with Crippen molar-refractivity contribution < 1.29 is 14.3 Å². The number of fused-ring (bicyclic) bond motifs is 1. The van der Waals surface area contributed by atoms with Gasteiger partial charge in [-0.15, -0.1) is 0 Å². The van der Waals surface area contributed by atoms with Crippen molar-refractivity contribution in [1.29, 1.82) is 0 Å². The molecule has 0 aliphatic heterocycles. The summed E-state index contributed by atoms with van der Waals surface area (Å²) >= 11 is 0. The van der Waals surface area contributed by atoms with Gasteiger partial charge in [0.05, 0.1) is 0 Å². The van der Waals surface area contributed by atoms with Crippen LogP contribution in [-0.4, -0.2) is 35.2 Å². The van der Waals surface area contributed by atoms with Gasteiger partial charge in [-0.25, -0.2) is 4.98 Å². The van der Waals surface area contributed by atoms with E-state index in [2.05, 4.69) is 10.3 Å². The number of hydrogen-bond acceptors (Lipinski definition) is 5. The van der Waals surface area contributed by atoms with Gasteiger partial charge in [-0.2, -0.15) is 0 Å². The zero-order valence-corrected chi connectivity index (χ0v) is 10.5. The van der Waals surface area contributed by atoms with E-state index in [4.69, 9.17) is 15.3 Å². The molecular formula is C13H17N3O3. The molecule has 0 fully saturated rings. The minimum absolute atomic E-state index is 0.427. The Kier molecular flexibility index (Phi) is 4.48. The quantitative estimate of drug-likeness (QED) is 0.637. The van der Waals surface area contributed by atoms with Crippen LogP contribution in [0.1, 0.15) is 12.0 Å². The number of benzene rings is 1. The molecule has 2 aromatic rings. The van der Waals surface area contributed by atoms with Gasteiger partial charge >= 0.3 is 5.97 Å². The van der Waals surface area contributed by atoms with Crippen LogP contribution in [0.4, 0.5) is 0 Å². The zero-order valence-electron chi connectivity index (χ0n) is 10.5. The highest BCUT2D eigenvalue weighted by molar-refractivity contribution is 5.73. The number of aromatic nitrogens is 1. The van der Waals surface area contributed by atoms with Gasteiger partial charge in [0.1, 0.15) is 11.6 Å². The molecule has 0 spiro atoms. The molecule has 1 aromatic carbocycles. The summed E-state index contributed by atoms with van der Waals surface area (Å²) < 4.78 is 5.23. The monoisotopic (exact) mass is 263 g/mol. The van der Waals surface area contributed by atoms with E-state index < -0.39 is 12.0 Å². The van der Waals surface area contributed by atoms with Crippen molar-refractivity contribution in [2.75, 3.05) is 13.1 Å². The Morgan fingerprint density at radius 1 is 1.47 bits per heavy atom. The Bertz CT molecular complexity index is 553. The van der Waals surface area contributed by atoms with Crippen LogP contribution in [0.3, 0.4) is 0 Å². The largest absolute Gasteiger partial charge is 0.480 e. The summed E-state index contributed by atoms with van der Waals surface area (Å²) in [6, 6.07) is 5.11. The van der Waals surface area contributed by atoms with E-state index in [1.165, 1.54) is 6.39 Å². The first-order valence-corrected chi connectivity index (χ1v) is 6.18. The standard InChI is InChI=1S/C13H17N3O3/c14-10(13(17)18)4-6-15-5-3-9-1-2-11-12(7-9)19-8-16-11/h1-2,7-8,10,15H,3-6,14H2,(H,17,18). The molecule has 1 heterocycles. The van der Waals surface area contributed by atoms with E-state index in [9.17, 15) is 4.79 Å². The van der Waals surface area contributed by atoms with Crippen molar-refractivity contribution in [3.05, 3.63) is 30.2 Å². The van der Waals surface area contributed by atoms with Gasteiger partial charge in [0, 0.05) is 0 Å². The number of nitrogens with zero attached hydrogens (tertiary/aromatic N) is 1. The molecule has 0 aliphatic carbocycles. The SMILES string of the molecule is NC(CCNCCc1ccc2ncoc2c1)C(=O)O. The first-order chi connectivity index (χ1) is 9.16. The van der Waals surface area contributed by atoms with Crippen molar-refractivity contribution in [3.63, 3.8) is 0 Å². The second-order valence-corrected chi connectivity index (χ2v) is 4.39. The number of oxazole rings is 1. The molecule has 0 saturated heterocycles. The second kappa shape index (κ2) is 6.31. The summed E-state index contributed by atoms with van der Waals surface area (Å²) in [6.07, 6.45) is 2.70. The summed E-state index contributed by atoms with van der Waals surface area (Å²) in [4.78, 5) is 14.6. The van der Waals surface area contributed by atoms with E-state index in [0.29, 0.717) is 13.0 Å². The molecule has 6 nitrogen and oxygen atoms in total. The lowest BCUT2D eigenvalue weighted by Crippen LogP contribution is -2.34.